The quantitative estimate of drug-likeness (QED) is 0.550. The zero-order valence-electron chi connectivity index (χ0n) is 5.65. The highest BCUT2D eigenvalue weighted by Gasteiger charge is 2.40. The van der Waals surface area contributed by atoms with Gasteiger partial charge >= 0.3 is 0 Å². The van der Waals surface area contributed by atoms with Crippen LogP contribution in [-0.2, 0) is 4.79 Å². The maximum atomic E-state index is 10.5. The van der Waals surface area contributed by atoms with Crippen LogP contribution in [0.3, 0.4) is 0 Å². The molecule has 1 aliphatic heterocycles. The maximum absolute atomic E-state index is 10.5. The Labute approximate surface area is 62.8 Å². The molecule has 2 rings (SSSR count). The Kier molecular flexibility index (Phi) is 1.22. The minimum absolute atomic E-state index is 0.341. The number of carbonyl (C=O) groups excluding carboxylic acids is 1. The van der Waals surface area contributed by atoms with E-state index >= 15 is 0 Å². The predicted octanol–water partition coefficient (Wildman–Crippen LogP) is -0.189. The molecule has 2 unspecified atom stereocenters. The number of hydrogen-bond acceptors (Lipinski definition) is 3. The average Bonchev–Trinajstić information content (AvgIpc) is 2.51. The molecule has 58 valence electrons. The van der Waals surface area contributed by atoms with Gasteiger partial charge in [0, 0.05) is 0 Å². The van der Waals surface area contributed by atoms with Gasteiger partial charge in [0.2, 0.25) is 0 Å². The third-order valence-electron chi connectivity index (χ3n) is 1.73. The molecule has 1 aromatic rings. The second kappa shape index (κ2) is 2.10. The largest absolute Gasteiger partial charge is 0.467 e. The number of rotatable bonds is 1. The van der Waals surface area contributed by atoms with Crippen molar-refractivity contribution in [1.82, 2.24) is 5.32 Å². The molecule has 2 N–H and O–H groups in total. The van der Waals surface area contributed by atoms with Crippen molar-refractivity contribution >= 4 is 5.91 Å². The summed E-state index contributed by atoms with van der Waals surface area (Å²) in [5.74, 6) is 0.253. The fourth-order valence-electron chi connectivity index (χ4n) is 1.07. The Balaban J connectivity index is 2.15. The SMILES string of the molecule is O=C1NC(c2ccco2)C1O. The summed E-state index contributed by atoms with van der Waals surface area (Å²) in [7, 11) is 0. The lowest BCUT2D eigenvalue weighted by molar-refractivity contribution is -0.143. The monoisotopic (exact) mass is 153 g/mol. The van der Waals surface area contributed by atoms with Crippen LogP contribution in [0.4, 0.5) is 0 Å². The van der Waals surface area contributed by atoms with Gasteiger partial charge in [-0.05, 0) is 12.1 Å². The van der Waals surface area contributed by atoms with E-state index in [4.69, 9.17) is 9.52 Å². The van der Waals surface area contributed by atoms with Crippen molar-refractivity contribution in [3.63, 3.8) is 0 Å². The smallest absolute Gasteiger partial charge is 0.252 e. The fourth-order valence-corrected chi connectivity index (χ4v) is 1.07. The van der Waals surface area contributed by atoms with Crippen LogP contribution in [0.15, 0.2) is 22.8 Å². The molecule has 1 amide bonds. The average molecular weight is 153 g/mol. The van der Waals surface area contributed by atoms with Gasteiger partial charge in [-0.15, -0.1) is 0 Å². The minimum atomic E-state index is -0.943. The topological polar surface area (TPSA) is 62.5 Å². The van der Waals surface area contributed by atoms with Crippen molar-refractivity contribution in [3.8, 4) is 0 Å². The number of carbonyl (C=O) groups is 1. The first kappa shape index (κ1) is 6.42. The molecule has 1 fully saturated rings. The number of aliphatic hydroxyl groups excluding tert-OH is 1. The Bertz CT molecular complexity index is 267. The van der Waals surface area contributed by atoms with Crippen LogP contribution in [0.25, 0.3) is 0 Å². The molecule has 1 aliphatic rings. The van der Waals surface area contributed by atoms with E-state index in [1.165, 1.54) is 6.26 Å². The van der Waals surface area contributed by atoms with Crippen LogP contribution in [0.1, 0.15) is 11.8 Å². The molecule has 2 atom stereocenters. The molecule has 0 saturated carbocycles. The molecule has 2 heterocycles. The zero-order valence-corrected chi connectivity index (χ0v) is 5.65. The third-order valence-corrected chi connectivity index (χ3v) is 1.73. The van der Waals surface area contributed by atoms with Gasteiger partial charge in [0.1, 0.15) is 11.8 Å². The van der Waals surface area contributed by atoms with Crippen LogP contribution in [0.2, 0.25) is 0 Å². The molecular weight excluding hydrogens is 146 g/mol. The van der Waals surface area contributed by atoms with Gasteiger partial charge in [-0.2, -0.15) is 0 Å². The molecule has 4 nitrogen and oxygen atoms in total. The van der Waals surface area contributed by atoms with Gasteiger partial charge in [-0.1, -0.05) is 0 Å². The summed E-state index contributed by atoms with van der Waals surface area (Å²) in [5.41, 5.74) is 0. The van der Waals surface area contributed by atoms with Gasteiger partial charge in [0.05, 0.1) is 6.26 Å². The fraction of sp³-hybridized carbons (Fsp3) is 0.286. The Morgan fingerprint density at radius 1 is 1.64 bits per heavy atom. The molecule has 0 aromatic carbocycles. The van der Waals surface area contributed by atoms with E-state index in [0.29, 0.717) is 5.76 Å². The highest BCUT2D eigenvalue weighted by Crippen LogP contribution is 2.24. The van der Waals surface area contributed by atoms with Gasteiger partial charge in [-0.3, -0.25) is 4.79 Å². The predicted molar refractivity (Wildman–Crippen MR) is 35.6 cm³/mol. The van der Waals surface area contributed by atoms with Crippen LogP contribution >= 0.6 is 0 Å². The van der Waals surface area contributed by atoms with E-state index in [9.17, 15) is 4.79 Å². The molecule has 0 bridgehead atoms. The standard InChI is InChI=1S/C7H7NO3/c9-6-5(8-7(6)10)4-2-1-3-11-4/h1-3,5-6,9H,(H,8,10). The molecular formula is C7H7NO3. The normalized spacial score (nSPS) is 29.4. The second-order valence-electron chi connectivity index (χ2n) is 2.45. The van der Waals surface area contributed by atoms with E-state index in [2.05, 4.69) is 5.32 Å². The van der Waals surface area contributed by atoms with Crippen molar-refractivity contribution in [2.24, 2.45) is 0 Å². The van der Waals surface area contributed by atoms with Crippen molar-refractivity contribution in [1.29, 1.82) is 0 Å². The molecule has 0 radical (unpaired) electrons. The van der Waals surface area contributed by atoms with Gasteiger partial charge in [-0.25, -0.2) is 0 Å². The lowest BCUT2D eigenvalue weighted by Gasteiger charge is -2.30. The van der Waals surface area contributed by atoms with Gasteiger partial charge in [0.15, 0.2) is 6.10 Å². The van der Waals surface area contributed by atoms with Crippen LogP contribution in [0.5, 0.6) is 0 Å². The van der Waals surface area contributed by atoms with E-state index in [1.807, 2.05) is 0 Å². The van der Waals surface area contributed by atoms with Crippen molar-refractivity contribution in [3.05, 3.63) is 24.2 Å². The summed E-state index contributed by atoms with van der Waals surface area (Å²) in [6.45, 7) is 0. The Hall–Kier alpha value is -1.29. The number of nitrogens with one attached hydrogen (secondary N) is 1. The lowest BCUT2D eigenvalue weighted by Crippen LogP contribution is -2.55. The van der Waals surface area contributed by atoms with E-state index in [0.717, 1.165) is 0 Å². The first-order valence-corrected chi connectivity index (χ1v) is 3.31. The minimum Gasteiger partial charge on any atom is -0.467 e. The van der Waals surface area contributed by atoms with Crippen molar-refractivity contribution in [2.75, 3.05) is 0 Å². The summed E-state index contributed by atoms with van der Waals surface area (Å²) < 4.78 is 4.98. The zero-order chi connectivity index (χ0) is 7.84. The molecule has 11 heavy (non-hydrogen) atoms. The molecule has 1 saturated heterocycles. The first-order valence-electron chi connectivity index (χ1n) is 3.31. The number of amides is 1. The molecule has 4 heteroatoms. The van der Waals surface area contributed by atoms with Crippen LogP contribution in [0, 0.1) is 0 Å². The number of β-lactam (4-membered cyclic amide) rings is 1. The Morgan fingerprint density at radius 3 is 2.91 bits per heavy atom. The number of furan rings is 1. The first-order chi connectivity index (χ1) is 5.29. The summed E-state index contributed by atoms with van der Waals surface area (Å²) in [5, 5.41) is 11.6. The summed E-state index contributed by atoms with van der Waals surface area (Å²) >= 11 is 0. The van der Waals surface area contributed by atoms with E-state index in [1.54, 1.807) is 12.1 Å². The lowest BCUT2D eigenvalue weighted by atomic mass is 10.0. The van der Waals surface area contributed by atoms with Crippen molar-refractivity contribution in [2.45, 2.75) is 12.1 Å². The second-order valence-corrected chi connectivity index (χ2v) is 2.45. The van der Waals surface area contributed by atoms with Gasteiger partial charge in [0.25, 0.3) is 5.91 Å². The molecule has 0 aliphatic carbocycles. The maximum Gasteiger partial charge on any atom is 0.252 e. The number of hydrogen-bond donors (Lipinski definition) is 2. The highest BCUT2D eigenvalue weighted by molar-refractivity contribution is 5.88. The van der Waals surface area contributed by atoms with E-state index in [-0.39, 0.29) is 11.9 Å². The third kappa shape index (κ3) is 0.832. The Morgan fingerprint density at radius 2 is 2.45 bits per heavy atom. The van der Waals surface area contributed by atoms with E-state index < -0.39 is 6.10 Å². The van der Waals surface area contributed by atoms with Crippen LogP contribution < -0.4 is 5.32 Å². The summed E-state index contributed by atoms with van der Waals surface area (Å²) in [6, 6.07) is 3.08. The highest BCUT2D eigenvalue weighted by atomic mass is 16.3. The molecule has 1 aromatic heterocycles. The van der Waals surface area contributed by atoms with Crippen LogP contribution in [-0.4, -0.2) is 17.1 Å². The van der Waals surface area contributed by atoms with Crippen molar-refractivity contribution < 1.29 is 14.3 Å². The molecule has 0 spiro atoms. The number of aliphatic hydroxyl groups is 1. The summed E-state index contributed by atoms with van der Waals surface area (Å²) in [4.78, 5) is 10.5. The summed E-state index contributed by atoms with van der Waals surface area (Å²) in [6.07, 6.45) is 0.563. The van der Waals surface area contributed by atoms with Gasteiger partial charge < -0.3 is 14.8 Å².